The van der Waals surface area contributed by atoms with Gasteiger partial charge in [-0.1, -0.05) is 23.7 Å². The van der Waals surface area contributed by atoms with Crippen LogP contribution < -0.4 is 10.2 Å². The van der Waals surface area contributed by atoms with E-state index in [4.69, 9.17) is 16.3 Å². The third-order valence-corrected chi connectivity index (χ3v) is 6.87. The van der Waals surface area contributed by atoms with Crippen molar-refractivity contribution in [2.75, 3.05) is 43.1 Å². The summed E-state index contributed by atoms with van der Waals surface area (Å²) in [5.74, 6) is -1.35. The van der Waals surface area contributed by atoms with Crippen LogP contribution in [0.15, 0.2) is 47.4 Å². The van der Waals surface area contributed by atoms with E-state index in [0.29, 0.717) is 28.2 Å². The Bertz CT molecular complexity index is 1080. The average molecular weight is 436 g/mol. The van der Waals surface area contributed by atoms with Crippen molar-refractivity contribution in [2.24, 2.45) is 0 Å². The van der Waals surface area contributed by atoms with Gasteiger partial charge in [0.2, 0.25) is 5.91 Å². The number of rotatable bonds is 4. The summed E-state index contributed by atoms with van der Waals surface area (Å²) in [4.78, 5) is 26.8. The molecule has 152 valence electrons. The number of ether oxygens (including phenoxy) is 1. The van der Waals surface area contributed by atoms with Crippen LogP contribution in [0.3, 0.4) is 0 Å². The SMILES string of the molecule is O=C(CN1C(=O)c2ccccc2S1(=O)=O)Nc1ccc(N2CCOCC2)c(Cl)c1. The number of sulfonamides is 1. The first-order valence-corrected chi connectivity index (χ1v) is 10.8. The fourth-order valence-corrected chi connectivity index (χ4v) is 5.19. The molecule has 0 spiro atoms. The van der Waals surface area contributed by atoms with Crippen molar-refractivity contribution >= 4 is 44.8 Å². The molecule has 0 unspecified atom stereocenters. The van der Waals surface area contributed by atoms with E-state index in [-0.39, 0.29) is 10.5 Å². The van der Waals surface area contributed by atoms with Crippen molar-refractivity contribution in [3.05, 3.63) is 53.1 Å². The molecular formula is C19H18ClN3O5S. The van der Waals surface area contributed by atoms with Crippen LogP contribution in [0, 0.1) is 0 Å². The normalized spacial score (nSPS) is 17.9. The number of hydrogen-bond acceptors (Lipinski definition) is 6. The Morgan fingerprint density at radius 1 is 1.14 bits per heavy atom. The highest BCUT2D eigenvalue weighted by Crippen LogP contribution is 2.31. The van der Waals surface area contributed by atoms with Crippen LogP contribution in [0.4, 0.5) is 11.4 Å². The van der Waals surface area contributed by atoms with Gasteiger partial charge in [-0.2, -0.15) is 0 Å². The highest BCUT2D eigenvalue weighted by molar-refractivity contribution is 7.90. The molecule has 2 amide bonds. The number of benzene rings is 2. The molecular weight excluding hydrogens is 418 g/mol. The fraction of sp³-hybridized carbons (Fsp3) is 0.263. The van der Waals surface area contributed by atoms with Crippen molar-refractivity contribution in [1.29, 1.82) is 0 Å². The number of nitrogens with one attached hydrogen (secondary N) is 1. The van der Waals surface area contributed by atoms with Gasteiger partial charge in [-0.3, -0.25) is 9.59 Å². The van der Waals surface area contributed by atoms with E-state index in [0.717, 1.165) is 18.8 Å². The predicted octanol–water partition coefficient (Wildman–Crippen LogP) is 1.96. The first kappa shape index (κ1) is 19.7. The van der Waals surface area contributed by atoms with E-state index in [2.05, 4.69) is 10.2 Å². The maximum absolute atomic E-state index is 12.5. The van der Waals surface area contributed by atoms with E-state index >= 15 is 0 Å². The zero-order valence-corrected chi connectivity index (χ0v) is 16.9. The lowest BCUT2D eigenvalue weighted by atomic mass is 10.2. The highest BCUT2D eigenvalue weighted by Gasteiger charge is 2.41. The zero-order chi connectivity index (χ0) is 20.6. The molecule has 0 saturated carbocycles. The third-order valence-electron chi connectivity index (χ3n) is 4.78. The highest BCUT2D eigenvalue weighted by atomic mass is 35.5. The number of nitrogens with zero attached hydrogens (tertiary/aromatic N) is 2. The molecule has 1 saturated heterocycles. The van der Waals surface area contributed by atoms with Gasteiger partial charge in [-0.15, -0.1) is 0 Å². The lowest BCUT2D eigenvalue weighted by molar-refractivity contribution is -0.116. The van der Waals surface area contributed by atoms with Gasteiger partial charge >= 0.3 is 0 Å². The van der Waals surface area contributed by atoms with E-state index in [1.54, 1.807) is 24.3 Å². The Morgan fingerprint density at radius 2 is 1.86 bits per heavy atom. The Labute approximate surface area is 173 Å². The minimum Gasteiger partial charge on any atom is -0.378 e. The molecule has 4 rings (SSSR count). The average Bonchev–Trinajstić information content (AvgIpc) is 2.90. The summed E-state index contributed by atoms with van der Waals surface area (Å²) in [6.45, 7) is 2.07. The quantitative estimate of drug-likeness (QED) is 0.788. The van der Waals surface area contributed by atoms with Crippen LogP contribution in [0.1, 0.15) is 10.4 Å². The summed E-state index contributed by atoms with van der Waals surface area (Å²) in [7, 11) is -4.03. The number of fused-ring (bicyclic) bond motifs is 1. The Balaban J connectivity index is 1.47. The molecule has 1 N–H and O–H groups in total. The number of morpholine rings is 1. The molecule has 8 nitrogen and oxygen atoms in total. The summed E-state index contributed by atoms with van der Waals surface area (Å²) in [6, 6.07) is 11.0. The first-order valence-electron chi connectivity index (χ1n) is 8.96. The summed E-state index contributed by atoms with van der Waals surface area (Å²) < 4.78 is 31.0. The fourth-order valence-electron chi connectivity index (χ4n) is 3.36. The Kier molecular flexibility index (Phi) is 5.20. The molecule has 0 aliphatic carbocycles. The first-order chi connectivity index (χ1) is 13.9. The molecule has 1 fully saturated rings. The molecule has 29 heavy (non-hydrogen) atoms. The number of halogens is 1. The van der Waals surface area contributed by atoms with Crippen molar-refractivity contribution in [2.45, 2.75) is 4.90 Å². The van der Waals surface area contributed by atoms with Crippen molar-refractivity contribution < 1.29 is 22.7 Å². The number of anilines is 2. The van der Waals surface area contributed by atoms with Gasteiger partial charge < -0.3 is 15.0 Å². The standard InChI is InChI=1S/C19H18ClN3O5S/c20-15-11-13(5-6-16(15)22-7-9-28-10-8-22)21-18(24)12-23-19(25)14-3-1-2-4-17(14)29(23,26)27/h1-6,11H,7-10,12H2,(H,21,24). The molecule has 10 heteroatoms. The lowest BCUT2D eigenvalue weighted by Gasteiger charge is -2.29. The third kappa shape index (κ3) is 3.68. The summed E-state index contributed by atoms with van der Waals surface area (Å²) in [5, 5.41) is 3.06. The Hall–Kier alpha value is -2.62. The number of hydrogen-bond donors (Lipinski definition) is 1. The van der Waals surface area contributed by atoms with Gasteiger partial charge in [0.25, 0.3) is 15.9 Å². The minimum absolute atomic E-state index is 0.0678. The molecule has 0 atom stereocenters. The van der Waals surface area contributed by atoms with E-state index in [1.165, 1.54) is 18.2 Å². The van der Waals surface area contributed by atoms with Crippen LogP contribution in [0.25, 0.3) is 0 Å². The second-order valence-electron chi connectivity index (χ2n) is 6.63. The summed E-state index contributed by atoms with van der Waals surface area (Å²) in [6.07, 6.45) is 0. The Morgan fingerprint density at radius 3 is 2.55 bits per heavy atom. The van der Waals surface area contributed by atoms with Crippen LogP contribution in [-0.2, 0) is 19.6 Å². The van der Waals surface area contributed by atoms with Crippen LogP contribution in [-0.4, -0.2) is 57.4 Å². The molecule has 2 aliphatic heterocycles. The van der Waals surface area contributed by atoms with Crippen LogP contribution in [0.2, 0.25) is 5.02 Å². The summed E-state index contributed by atoms with van der Waals surface area (Å²) in [5.41, 5.74) is 1.32. The molecule has 2 heterocycles. The number of carbonyl (C=O) groups excluding carboxylic acids is 2. The van der Waals surface area contributed by atoms with Crippen LogP contribution >= 0.6 is 11.6 Å². The van der Waals surface area contributed by atoms with Gasteiger partial charge in [-0.25, -0.2) is 12.7 Å². The van der Waals surface area contributed by atoms with E-state index in [1.807, 2.05) is 0 Å². The molecule has 0 aromatic heterocycles. The van der Waals surface area contributed by atoms with Crippen molar-refractivity contribution in [3.63, 3.8) is 0 Å². The molecule has 2 aromatic carbocycles. The number of carbonyl (C=O) groups is 2. The maximum Gasteiger partial charge on any atom is 0.269 e. The van der Waals surface area contributed by atoms with Gasteiger partial charge in [0, 0.05) is 18.8 Å². The zero-order valence-electron chi connectivity index (χ0n) is 15.3. The molecule has 0 radical (unpaired) electrons. The number of amides is 2. The second kappa shape index (κ2) is 7.66. The largest absolute Gasteiger partial charge is 0.378 e. The van der Waals surface area contributed by atoms with E-state index in [9.17, 15) is 18.0 Å². The smallest absolute Gasteiger partial charge is 0.269 e. The van der Waals surface area contributed by atoms with Gasteiger partial charge in [0.15, 0.2) is 0 Å². The monoisotopic (exact) mass is 435 g/mol. The van der Waals surface area contributed by atoms with Gasteiger partial charge in [0.1, 0.15) is 11.4 Å². The molecule has 0 bridgehead atoms. The van der Waals surface area contributed by atoms with Crippen molar-refractivity contribution in [1.82, 2.24) is 4.31 Å². The van der Waals surface area contributed by atoms with Crippen molar-refractivity contribution in [3.8, 4) is 0 Å². The summed E-state index contributed by atoms with van der Waals surface area (Å²) >= 11 is 6.35. The van der Waals surface area contributed by atoms with E-state index < -0.39 is 28.4 Å². The molecule has 2 aromatic rings. The minimum atomic E-state index is -4.03. The lowest BCUT2D eigenvalue weighted by Crippen LogP contribution is -2.37. The topological polar surface area (TPSA) is 96.0 Å². The predicted molar refractivity (Wildman–Crippen MR) is 108 cm³/mol. The van der Waals surface area contributed by atoms with Gasteiger partial charge in [-0.05, 0) is 30.3 Å². The van der Waals surface area contributed by atoms with Crippen LogP contribution in [0.5, 0.6) is 0 Å². The molecule has 2 aliphatic rings. The van der Waals surface area contributed by atoms with Gasteiger partial charge in [0.05, 0.1) is 29.5 Å². The second-order valence-corrected chi connectivity index (χ2v) is 8.86. The maximum atomic E-state index is 12.5.